The molecule has 1 aromatic carbocycles. The van der Waals surface area contributed by atoms with Gasteiger partial charge in [-0.3, -0.25) is 0 Å². The van der Waals surface area contributed by atoms with Gasteiger partial charge in [-0.1, -0.05) is 0 Å². The van der Waals surface area contributed by atoms with Gasteiger partial charge in [-0.15, -0.1) is 0 Å². The number of furan rings is 1. The largest absolute Gasteiger partial charge is 0.468 e. The van der Waals surface area contributed by atoms with E-state index in [4.69, 9.17) is 4.42 Å². The van der Waals surface area contributed by atoms with Gasteiger partial charge in [0.1, 0.15) is 5.76 Å². The number of benzene rings is 1. The smallest absolute Gasteiger partial charge is 0.323 e. The molecule has 0 aliphatic rings. The number of aromatic nitrogens is 2. The van der Waals surface area contributed by atoms with Gasteiger partial charge in [-0.25, -0.2) is 17.9 Å². The molecule has 0 unspecified atom stereocenters. The molecule has 3 aromatic rings. The minimum atomic E-state index is -3.66. The standard InChI is InChI=1S/C12H11N3O4S/c16-12-14-10-4-3-9(6-11(10)15-12)20(17,18)13-7-8-2-1-5-19-8/h1-6,13H,7H2,(H2,14,15,16). The van der Waals surface area contributed by atoms with Crippen molar-refractivity contribution in [1.82, 2.24) is 14.7 Å². The first kappa shape index (κ1) is 12.7. The Morgan fingerprint density at radius 3 is 2.70 bits per heavy atom. The molecule has 3 N–H and O–H groups in total. The Bertz CT molecular complexity index is 890. The van der Waals surface area contributed by atoms with Crippen LogP contribution in [0.3, 0.4) is 0 Å². The zero-order valence-corrected chi connectivity index (χ0v) is 11.0. The van der Waals surface area contributed by atoms with Gasteiger partial charge in [0, 0.05) is 0 Å². The molecule has 0 saturated carbocycles. The Morgan fingerprint density at radius 1 is 1.15 bits per heavy atom. The Balaban J connectivity index is 1.90. The van der Waals surface area contributed by atoms with E-state index in [1.54, 1.807) is 12.1 Å². The summed E-state index contributed by atoms with van der Waals surface area (Å²) in [6, 6.07) is 7.72. The van der Waals surface area contributed by atoms with Crippen LogP contribution in [0.2, 0.25) is 0 Å². The molecule has 0 aliphatic heterocycles. The van der Waals surface area contributed by atoms with Crippen molar-refractivity contribution in [3.63, 3.8) is 0 Å². The number of H-pyrrole nitrogens is 2. The van der Waals surface area contributed by atoms with Gasteiger partial charge in [0.2, 0.25) is 10.0 Å². The van der Waals surface area contributed by atoms with Gasteiger partial charge in [-0.05, 0) is 30.3 Å². The molecule has 3 rings (SSSR count). The zero-order valence-electron chi connectivity index (χ0n) is 10.2. The highest BCUT2D eigenvalue weighted by atomic mass is 32.2. The molecule has 0 bridgehead atoms. The lowest BCUT2D eigenvalue weighted by molar-refractivity contribution is 0.498. The van der Waals surface area contributed by atoms with E-state index in [0.717, 1.165) is 0 Å². The fourth-order valence-electron chi connectivity index (χ4n) is 1.84. The average molecular weight is 293 g/mol. The highest BCUT2D eigenvalue weighted by molar-refractivity contribution is 7.89. The zero-order chi connectivity index (χ0) is 14.2. The third-order valence-electron chi connectivity index (χ3n) is 2.81. The molecule has 0 amide bonds. The van der Waals surface area contributed by atoms with Gasteiger partial charge in [0.15, 0.2) is 0 Å². The lowest BCUT2D eigenvalue weighted by Gasteiger charge is -2.05. The van der Waals surface area contributed by atoms with Crippen molar-refractivity contribution in [2.45, 2.75) is 11.4 Å². The molecular weight excluding hydrogens is 282 g/mol. The topological polar surface area (TPSA) is 108 Å². The normalized spacial score (nSPS) is 12.0. The molecule has 20 heavy (non-hydrogen) atoms. The van der Waals surface area contributed by atoms with E-state index in [2.05, 4.69) is 14.7 Å². The summed E-state index contributed by atoms with van der Waals surface area (Å²) in [6.07, 6.45) is 1.47. The monoisotopic (exact) mass is 293 g/mol. The lowest BCUT2D eigenvalue weighted by Crippen LogP contribution is -2.22. The van der Waals surface area contributed by atoms with Crippen molar-refractivity contribution in [2.24, 2.45) is 0 Å². The van der Waals surface area contributed by atoms with Crippen molar-refractivity contribution in [3.8, 4) is 0 Å². The second-order valence-corrected chi connectivity index (χ2v) is 5.96. The Kier molecular flexibility index (Phi) is 2.96. The fraction of sp³-hybridized carbons (Fsp3) is 0.0833. The van der Waals surface area contributed by atoms with Crippen LogP contribution in [-0.4, -0.2) is 18.4 Å². The molecule has 2 heterocycles. The maximum Gasteiger partial charge on any atom is 0.323 e. The molecular formula is C12H11N3O4S. The first-order valence-corrected chi connectivity index (χ1v) is 7.27. The van der Waals surface area contributed by atoms with E-state index in [0.29, 0.717) is 16.8 Å². The van der Waals surface area contributed by atoms with E-state index in [1.807, 2.05) is 0 Å². The summed E-state index contributed by atoms with van der Waals surface area (Å²) in [5.41, 5.74) is 0.619. The molecule has 0 spiro atoms. The summed E-state index contributed by atoms with van der Waals surface area (Å²) in [4.78, 5) is 16.3. The second-order valence-electron chi connectivity index (χ2n) is 4.19. The van der Waals surface area contributed by atoms with Crippen molar-refractivity contribution < 1.29 is 12.8 Å². The van der Waals surface area contributed by atoms with E-state index in [9.17, 15) is 13.2 Å². The molecule has 104 valence electrons. The van der Waals surface area contributed by atoms with Gasteiger partial charge in [0.05, 0.1) is 28.7 Å². The highest BCUT2D eigenvalue weighted by Crippen LogP contribution is 2.15. The van der Waals surface area contributed by atoms with E-state index < -0.39 is 10.0 Å². The van der Waals surface area contributed by atoms with Crippen molar-refractivity contribution >= 4 is 21.1 Å². The number of rotatable bonds is 4. The summed E-state index contributed by atoms with van der Waals surface area (Å²) in [5, 5.41) is 0. The number of imidazole rings is 1. The Hall–Kier alpha value is -2.32. The van der Waals surface area contributed by atoms with E-state index in [1.165, 1.54) is 24.5 Å². The van der Waals surface area contributed by atoms with Gasteiger partial charge >= 0.3 is 5.69 Å². The molecule has 0 radical (unpaired) electrons. The predicted octanol–water partition coefficient (Wildman–Crippen LogP) is 0.928. The Morgan fingerprint density at radius 2 is 1.95 bits per heavy atom. The predicted molar refractivity (Wildman–Crippen MR) is 71.7 cm³/mol. The third kappa shape index (κ3) is 2.38. The molecule has 7 nitrogen and oxygen atoms in total. The molecule has 8 heteroatoms. The SMILES string of the molecule is O=c1[nH]c2ccc(S(=O)(=O)NCc3ccco3)cc2[nH]1. The first-order valence-electron chi connectivity index (χ1n) is 5.79. The maximum absolute atomic E-state index is 12.1. The van der Waals surface area contributed by atoms with Crippen LogP contribution in [0.15, 0.2) is 50.7 Å². The quantitative estimate of drug-likeness (QED) is 0.665. The molecule has 0 aliphatic carbocycles. The van der Waals surface area contributed by atoms with Gasteiger partial charge in [-0.2, -0.15) is 0 Å². The van der Waals surface area contributed by atoms with Crippen molar-refractivity contribution in [1.29, 1.82) is 0 Å². The van der Waals surface area contributed by atoms with E-state index >= 15 is 0 Å². The number of aromatic amines is 2. The number of nitrogens with one attached hydrogen (secondary N) is 3. The molecule has 0 fully saturated rings. The van der Waals surface area contributed by atoms with Crippen LogP contribution >= 0.6 is 0 Å². The van der Waals surface area contributed by atoms with Crippen LogP contribution in [0.25, 0.3) is 11.0 Å². The Labute approximate surface area is 113 Å². The highest BCUT2D eigenvalue weighted by Gasteiger charge is 2.15. The van der Waals surface area contributed by atoms with Gasteiger partial charge < -0.3 is 14.4 Å². The first-order chi connectivity index (χ1) is 9.54. The van der Waals surface area contributed by atoms with Crippen LogP contribution in [0.4, 0.5) is 0 Å². The summed E-state index contributed by atoms with van der Waals surface area (Å²) < 4.78 is 31.7. The number of sulfonamides is 1. The summed E-state index contributed by atoms with van der Waals surface area (Å²) in [6.45, 7) is 0.0665. The van der Waals surface area contributed by atoms with Crippen LogP contribution in [0, 0.1) is 0 Å². The van der Waals surface area contributed by atoms with E-state index in [-0.39, 0.29) is 17.1 Å². The van der Waals surface area contributed by atoms with Gasteiger partial charge in [0.25, 0.3) is 0 Å². The molecule has 2 aromatic heterocycles. The summed E-state index contributed by atoms with van der Waals surface area (Å²) >= 11 is 0. The molecule has 0 atom stereocenters. The van der Waals surface area contributed by atoms with Crippen molar-refractivity contribution in [2.75, 3.05) is 0 Å². The number of hydrogen-bond donors (Lipinski definition) is 3. The van der Waals surface area contributed by atoms with Crippen LogP contribution in [0.1, 0.15) is 5.76 Å². The summed E-state index contributed by atoms with van der Waals surface area (Å²) in [7, 11) is -3.66. The third-order valence-corrected chi connectivity index (χ3v) is 4.21. The van der Waals surface area contributed by atoms with Crippen LogP contribution in [-0.2, 0) is 16.6 Å². The minimum absolute atomic E-state index is 0.0665. The minimum Gasteiger partial charge on any atom is -0.468 e. The van der Waals surface area contributed by atoms with Crippen LogP contribution < -0.4 is 10.4 Å². The summed E-state index contributed by atoms with van der Waals surface area (Å²) in [5.74, 6) is 0.518. The van der Waals surface area contributed by atoms with Crippen molar-refractivity contribution in [3.05, 3.63) is 52.8 Å². The number of hydrogen-bond acceptors (Lipinski definition) is 4. The second kappa shape index (κ2) is 4.66. The number of fused-ring (bicyclic) bond motifs is 1. The molecule has 0 saturated heterocycles. The maximum atomic E-state index is 12.1. The van der Waals surface area contributed by atoms with Crippen LogP contribution in [0.5, 0.6) is 0 Å². The fourth-order valence-corrected chi connectivity index (χ4v) is 2.86. The average Bonchev–Trinajstić information content (AvgIpc) is 3.03. The lowest BCUT2D eigenvalue weighted by atomic mass is 10.3.